The molecule has 3 rings (SSSR count). The minimum atomic E-state index is 0.374. The zero-order valence-corrected chi connectivity index (χ0v) is 16.4. The number of nitrogens with zero attached hydrogens (tertiary/aromatic N) is 1. The van der Waals surface area contributed by atoms with E-state index in [2.05, 4.69) is 29.3 Å². The van der Waals surface area contributed by atoms with E-state index in [0.717, 1.165) is 57.6 Å². The SMILES string of the molecule is COc1ccc(CC2CCN(C(=O)CC(C)C3CCNCC3)CC2)cc1. The fourth-order valence-electron chi connectivity index (χ4n) is 4.47. The summed E-state index contributed by atoms with van der Waals surface area (Å²) in [7, 11) is 1.70. The van der Waals surface area contributed by atoms with E-state index < -0.39 is 0 Å². The smallest absolute Gasteiger partial charge is 0.222 e. The Bertz CT molecular complexity index is 558. The Labute approximate surface area is 158 Å². The number of carbonyl (C=O) groups is 1. The third kappa shape index (κ3) is 5.23. The summed E-state index contributed by atoms with van der Waals surface area (Å²) in [5.41, 5.74) is 1.37. The summed E-state index contributed by atoms with van der Waals surface area (Å²) in [4.78, 5) is 14.8. The minimum Gasteiger partial charge on any atom is -0.497 e. The molecule has 1 unspecified atom stereocenters. The van der Waals surface area contributed by atoms with E-state index in [0.29, 0.717) is 23.7 Å². The molecule has 0 radical (unpaired) electrons. The first-order valence-corrected chi connectivity index (χ1v) is 10.3. The van der Waals surface area contributed by atoms with E-state index in [4.69, 9.17) is 4.74 Å². The van der Waals surface area contributed by atoms with Crippen molar-refractivity contribution in [2.45, 2.75) is 45.4 Å². The van der Waals surface area contributed by atoms with Gasteiger partial charge < -0.3 is 15.0 Å². The van der Waals surface area contributed by atoms with Crippen molar-refractivity contribution in [1.29, 1.82) is 0 Å². The number of hydrogen-bond donors (Lipinski definition) is 1. The van der Waals surface area contributed by atoms with E-state index in [-0.39, 0.29) is 0 Å². The highest BCUT2D eigenvalue weighted by molar-refractivity contribution is 5.76. The van der Waals surface area contributed by atoms with Crippen LogP contribution in [0, 0.1) is 17.8 Å². The van der Waals surface area contributed by atoms with Gasteiger partial charge in [-0.05, 0) is 80.6 Å². The van der Waals surface area contributed by atoms with Gasteiger partial charge in [-0.3, -0.25) is 4.79 Å². The van der Waals surface area contributed by atoms with Gasteiger partial charge in [0.05, 0.1) is 7.11 Å². The lowest BCUT2D eigenvalue weighted by Gasteiger charge is -2.34. The molecule has 1 aromatic rings. The highest BCUT2D eigenvalue weighted by atomic mass is 16.5. The van der Waals surface area contributed by atoms with Crippen molar-refractivity contribution in [2.75, 3.05) is 33.3 Å². The van der Waals surface area contributed by atoms with Gasteiger partial charge in [-0.15, -0.1) is 0 Å². The topological polar surface area (TPSA) is 41.6 Å². The molecule has 1 aromatic carbocycles. The Balaban J connectivity index is 1.41. The number of rotatable bonds is 6. The molecule has 1 amide bonds. The van der Waals surface area contributed by atoms with Gasteiger partial charge in [-0.25, -0.2) is 0 Å². The number of likely N-dealkylation sites (tertiary alicyclic amines) is 1. The number of benzene rings is 1. The maximum absolute atomic E-state index is 12.7. The molecular weight excluding hydrogens is 324 g/mol. The number of amides is 1. The van der Waals surface area contributed by atoms with E-state index in [1.165, 1.54) is 18.4 Å². The van der Waals surface area contributed by atoms with Crippen LogP contribution in [-0.4, -0.2) is 44.1 Å². The normalized spacial score (nSPS) is 20.8. The Morgan fingerprint density at radius 1 is 1.15 bits per heavy atom. The lowest BCUT2D eigenvalue weighted by Crippen LogP contribution is -2.40. The maximum atomic E-state index is 12.7. The molecule has 1 atom stereocenters. The molecule has 2 heterocycles. The van der Waals surface area contributed by atoms with Crippen molar-refractivity contribution in [3.05, 3.63) is 29.8 Å². The first-order chi connectivity index (χ1) is 12.7. The van der Waals surface area contributed by atoms with Gasteiger partial charge in [-0.2, -0.15) is 0 Å². The van der Waals surface area contributed by atoms with Gasteiger partial charge in [-0.1, -0.05) is 19.1 Å². The number of methoxy groups -OCH3 is 1. The Morgan fingerprint density at radius 3 is 2.42 bits per heavy atom. The van der Waals surface area contributed by atoms with Crippen LogP contribution in [-0.2, 0) is 11.2 Å². The zero-order valence-electron chi connectivity index (χ0n) is 16.4. The molecule has 4 heteroatoms. The molecule has 2 aliphatic heterocycles. The molecule has 2 aliphatic rings. The first kappa shape index (κ1) is 19.2. The van der Waals surface area contributed by atoms with E-state index in [1.54, 1.807) is 7.11 Å². The Hall–Kier alpha value is -1.55. The number of carbonyl (C=O) groups excluding carboxylic acids is 1. The summed E-state index contributed by atoms with van der Waals surface area (Å²) in [6.07, 6.45) is 6.53. The van der Waals surface area contributed by atoms with Crippen LogP contribution < -0.4 is 10.1 Å². The molecule has 1 N–H and O–H groups in total. The average Bonchev–Trinajstić information content (AvgIpc) is 2.69. The third-order valence-electron chi connectivity index (χ3n) is 6.34. The van der Waals surface area contributed by atoms with Gasteiger partial charge in [0, 0.05) is 19.5 Å². The molecule has 0 aromatic heterocycles. The van der Waals surface area contributed by atoms with Crippen molar-refractivity contribution in [3.8, 4) is 5.75 Å². The Morgan fingerprint density at radius 2 is 1.81 bits per heavy atom. The predicted molar refractivity (Wildman–Crippen MR) is 105 cm³/mol. The molecule has 144 valence electrons. The summed E-state index contributed by atoms with van der Waals surface area (Å²) in [6, 6.07) is 8.40. The molecule has 2 fully saturated rings. The first-order valence-electron chi connectivity index (χ1n) is 10.3. The molecule has 0 aliphatic carbocycles. The van der Waals surface area contributed by atoms with Crippen molar-refractivity contribution in [3.63, 3.8) is 0 Å². The molecular formula is C22H34N2O2. The fourth-order valence-corrected chi connectivity index (χ4v) is 4.47. The molecule has 0 saturated carbocycles. The van der Waals surface area contributed by atoms with Crippen LogP contribution >= 0.6 is 0 Å². The average molecular weight is 359 g/mol. The van der Waals surface area contributed by atoms with Crippen LogP contribution in [0.3, 0.4) is 0 Å². The van der Waals surface area contributed by atoms with Crippen LogP contribution in [0.4, 0.5) is 0 Å². The lowest BCUT2D eigenvalue weighted by atomic mass is 9.83. The van der Waals surface area contributed by atoms with Gasteiger partial charge in [0.25, 0.3) is 0 Å². The van der Waals surface area contributed by atoms with Crippen molar-refractivity contribution < 1.29 is 9.53 Å². The summed E-state index contributed by atoms with van der Waals surface area (Å²) < 4.78 is 5.23. The quantitative estimate of drug-likeness (QED) is 0.846. The monoisotopic (exact) mass is 358 g/mol. The predicted octanol–water partition coefficient (Wildman–Crippen LogP) is 3.50. The van der Waals surface area contributed by atoms with Gasteiger partial charge in [0.15, 0.2) is 0 Å². The summed E-state index contributed by atoms with van der Waals surface area (Å²) in [5, 5.41) is 3.42. The second kappa shape index (κ2) is 9.40. The van der Waals surface area contributed by atoms with Crippen molar-refractivity contribution >= 4 is 5.91 Å². The molecule has 0 bridgehead atoms. The highest BCUT2D eigenvalue weighted by Gasteiger charge is 2.27. The standard InChI is InChI=1S/C22H34N2O2/c1-17(20-7-11-23-12-8-20)15-22(25)24-13-9-19(10-14-24)16-18-3-5-21(26-2)6-4-18/h3-6,17,19-20,23H,7-16H2,1-2H3. The van der Waals surface area contributed by atoms with Gasteiger partial charge in [0.1, 0.15) is 5.75 Å². The van der Waals surface area contributed by atoms with Crippen molar-refractivity contribution in [2.24, 2.45) is 17.8 Å². The number of ether oxygens (including phenoxy) is 1. The summed E-state index contributed by atoms with van der Waals surface area (Å²) in [5.74, 6) is 3.21. The van der Waals surface area contributed by atoms with Crippen molar-refractivity contribution in [1.82, 2.24) is 10.2 Å². The largest absolute Gasteiger partial charge is 0.497 e. The second-order valence-corrected chi connectivity index (χ2v) is 8.15. The molecule has 4 nitrogen and oxygen atoms in total. The Kier molecular flexibility index (Phi) is 6.95. The summed E-state index contributed by atoms with van der Waals surface area (Å²) >= 11 is 0. The van der Waals surface area contributed by atoms with E-state index >= 15 is 0 Å². The summed E-state index contributed by atoms with van der Waals surface area (Å²) in [6.45, 7) is 6.35. The third-order valence-corrected chi connectivity index (χ3v) is 6.34. The molecule has 2 saturated heterocycles. The number of piperidine rings is 2. The number of nitrogens with one attached hydrogen (secondary N) is 1. The van der Waals surface area contributed by atoms with Gasteiger partial charge in [0.2, 0.25) is 5.91 Å². The minimum absolute atomic E-state index is 0.374. The van der Waals surface area contributed by atoms with Crippen LogP contribution in [0.2, 0.25) is 0 Å². The lowest BCUT2D eigenvalue weighted by molar-refractivity contribution is -0.134. The molecule has 0 spiro atoms. The zero-order chi connectivity index (χ0) is 18.4. The fraction of sp³-hybridized carbons (Fsp3) is 0.682. The molecule has 26 heavy (non-hydrogen) atoms. The second-order valence-electron chi connectivity index (χ2n) is 8.15. The van der Waals surface area contributed by atoms with Crippen LogP contribution in [0.1, 0.15) is 44.6 Å². The van der Waals surface area contributed by atoms with Crippen LogP contribution in [0.15, 0.2) is 24.3 Å². The van der Waals surface area contributed by atoms with Crippen LogP contribution in [0.25, 0.3) is 0 Å². The van der Waals surface area contributed by atoms with E-state index in [9.17, 15) is 4.79 Å². The number of hydrogen-bond acceptors (Lipinski definition) is 3. The van der Waals surface area contributed by atoms with Crippen LogP contribution in [0.5, 0.6) is 5.75 Å². The van der Waals surface area contributed by atoms with E-state index in [1.807, 2.05) is 12.1 Å². The highest BCUT2D eigenvalue weighted by Crippen LogP contribution is 2.27. The maximum Gasteiger partial charge on any atom is 0.222 e. The van der Waals surface area contributed by atoms with Gasteiger partial charge >= 0.3 is 0 Å².